The molecule has 0 aliphatic heterocycles. The van der Waals surface area contributed by atoms with E-state index in [0.29, 0.717) is 13.0 Å². The van der Waals surface area contributed by atoms with Crippen LogP contribution < -0.4 is 11.1 Å². The van der Waals surface area contributed by atoms with Gasteiger partial charge in [-0.05, 0) is 49.8 Å². The molecule has 0 unspecified atom stereocenters. The molecule has 0 saturated heterocycles. The Hall–Kier alpha value is -1.81. The van der Waals surface area contributed by atoms with Gasteiger partial charge in [0.05, 0.1) is 6.04 Å². The van der Waals surface area contributed by atoms with Crippen LogP contribution in [0.25, 0.3) is 0 Å². The smallest absolute Gasteiger partial charge is 0.237 e. The van der Waals surface area contributed by atoms with Gasteiger partial charge in [-0.2, -0.15) is 0 Å². The first-order chi connectivity index (χ1) is 9.65. The SMILES string of the molecule is N[C@@H](Cc1ccc(O)cc1)C(=O)NCCC1=CCCC1. The molecule has 0 fully saturated rings. The topological polar surface area (TPSA) is 75.3 Å². The Morgan fingerprint density at radius 1 is 1.35 bits per heavy atom. The Kier molecular flexibility index (Phi) is 5.18. The molecule has 4 heteroatoms. The predicted molar refractivity (Wildman–Crippen MR) is 79.3 cm³/mol. The van der Waals surface area contributed by atoms with Crippen molar-refractivity contribution in [3.63, 3.8) is 0 Å². The first-order valence-electron chi connectivity index (χ1n) is 7.14. The van der Waals surface area contributed by atoms with E-state index in [1.54, 1.807) is 24.3 Å². The average molecular weight is 274 g/mol. The van der Waals surface area contributed by atoms with E-state index in [9.17, 15) is 9.90 Å². The number of nitrogens with one attached hydrogen (secondary N) is 1. The molecular formula is C16H22N2O2. The van der Waals surface area contributed by atoms with Crippen molar-refractivity contribution in [2.45, 2.75) is 38.1 Å². The summed E-state index contributed by atoms with van der Waals surface area (Å²) in [6.45, 7) is 0.661. The Morgan fingerprint density at radius 2 is 2.10 bits per heavy atom. The molecule has 1 aliphatic rings. The molecule has 1 aromatic carbocycles. The molecule has 4 nitrogen and oxygen atoms in total. The fraction of sp³-hybridized carbons (Fsp3) is 0.438. The van der Waals surface area contributed by atoms with Crippen LogP contribution in [0.3, 0.4) is 0 Å². The lowest BCUT2D eigenvalue weighted by Crippen LogP contribution is -2.42. The summed E-state index contributed by atoms with van der Waals surface area (Å²) < 4.78 is 0. The molecule has 2 rings (SSSR count). The molecule has 0 saturated carbocycles. The second-order valence-corrected chi connectivity index (χ2v) is 5.27. The number of phenols is 1. The number of amides is 1. The highest BCUT2D eigenvalue weighted by Gasteiger charge is 2.14. The van der Waals surface area contributed by atoms with Gasteiger partial charge in [0.2, 0.25) is 5.91 Å². The maximum atomic E-state index is 11.9. The molecule has 1 aliphatic carbocycles. The van der Waals surface area contributed by atoms with Crippen LogP contribution in [-0.2, 0) is 11.2 Å². The van der Waals surface area contributed by atoms with E-state index >= 15 is 0 Å². The van der Waals surface area contributed by atoms with Gasteiger partial charge in [-0.1, -0.05) is 23.8 Å². The van der Waals surface area contributed by atoms with Crippen molar-refractivity contribution in [3.05, 3.63) is 41.5 Å². The maximum Gasteiger partial charge on any atom is 0.237 e. The number of rotatable bonds is 6. The number of hydrogen-bond acceptors (Lipinski definition) is 3. The van der Waals surface area contributed by atoms with Gasteiger partial charge in [-0.3, -0.25) is 4.79 Å². The van der Waals surface area contributed by atoms with E-state index < -0.39 is 6.04 Å². The quantitative estimate of drug-likeness (QED) is 0.693. The highest BCUT2D eigenvalue weighted by Crippen LogP contribution is 2.19. The number of hydrogen-bond donors (Lipinski definition) is 3. The summed E-state index contributed by atoms with van der Waals surface area (Å²) in [5.74, 6) is 0.105. The van der Waals surface area contributed by atoms with Crippen molar-refractivity contribution in [1.82, 2.24) is 5.32 Å². The second kappa shape index (κ2) is 7.10. The zero-order valence-corrected chi connectivity index (χ0v) is 11.6. The summed E-state index contributed by atoms with van der Waals surface area (Å²) in [7, 11) is 0. The van der Waals surface area contributed by atoms with Gasteiger partial charge in [0.25, 0.3) is 0 Å². The van der Waals surface area contributed by atoms with Gasteiger partial charge in [-0.15, -0.1) is 0 Å². The van der Waals surface area contributed by atoms with Crippen LogP contribution in [0.2, 0.25) is 0 Å². The van der Waals surface area contributed by atoms with E-state index in [0.717, 1.165) is 18.4 Å². The van der Waals surface area contributed by atoms with Crippen LogP contribution in [0, 0.1) is 0 Å². The van der Waals surface area contributed by atoms with Crippen LogP contribution in [0.5, 0.6) is 5.75 Å². The Balaban J connectivity index is 1.72. The first-order valence-corrected chi connectivity index (χ1v) is 7.14. The van der Waals surface area contributed by atoms with Gasteiger partial charge < -0.3 is 16.2 Å². The maximum absolute atomic E-state index is 11.9. The van der Waals surface area contributed by atoms with Gasteiger partial charge >= 0.3 is 0 Å². The lowest BCUT2D eigenvalue weighted by molar-refractivity contribution is -0.122. The van der Waals surface area contributed by atoms with E-state index in [1.807, 2.05) is 0 Å². The summed E-state index contributed by atoms with van der Waals surface area (Å²) in [6, 6.07) is 6.23. The lowest BCUT2D eigenvalue weighted by atomic mass is 10.1. The number of nitrogens with two attached hydrogens (primary N) is 1. The largest absolute Gasteiger partial charge is 0.508 e. The van der Waals surface area contributed by atoms with Crippen LogP contribution >= 0.6 is 0 Å². The zero-order chi connectivity index (χ0) is 14.4. The van der Waals surface area contributed by atoms with Crippen LogP contribution in [0.4, 0.5) is 0 Å². The molecule has 1 atom stereocenters. The molecule has 0 radical (unpaired) electrons. The van der Waals surface area contributed by atoms with E-state index in [1.165, 1.54) is 18.4 Å². The number of carbonyl (C=O) groups is 1. The highest BCUT2D eigenvalue weighted by molar-refractivity contribution is 5.81. The fourth-order valence-corrected chi connectivity index (χ4v) is 2.42. The fourth-order valence-electron chi connectivity index (χ4n) is 2.42. The number of aromatic hydroxyl groups is 1. The molecule has 1 amide bonds. The van der Waals surface area contributed by atoms with Crippen molar-refractivity contribution in [3.8, 4) is 5.75 Å². The van der Waals surface area contributed by atoms with Crippen molar-refractivity contribution < 1.29 is 9.90 Å². The summed E-state index contributed by atoms with van der Waals surface area (Å²) >= 11 is 0. The summed E-state index contributed by atoms with van der Waals surface area (Å²) in [6.07, 6.45) is 7.25. The normalized spacial score (nSPS) is 15.8. The van der Waals surface area contributed by atoms with Crippen molar-refractivity contribution in [1.29, 1.82) is 0 Å². The van der Waals surface area contributed by atoms with Crippen LogP contribution in [0.1, 0.15) is 31.2 Å². The van der Waals surface area contributed by atoms with E-state index in [-0.39, 0.29) is 11.7 Å². The number of allylic oxidation sites excluding steroid dienone is 1. The Morgan fingerprint density at radius 3 is 2.75 bits per heavy atom. The highest BCUT2D eigenvalue weighted by atomic mass is 16.3. The summed E-state index contributed by atoms with van der Waals surface area (Å²) in [5.41, 5.74) is 8.28. The molecular weight excluding hydrogens is 252 g/mol. The third-order valence-corrected chi connectivity index (χ3v) is 3.61. The third-order valence-electron chi connectivity index (χ3n) is 3.61. The van der Waals surface area contributed by atoms with Crippen LogP contribution in [0.15, 0.2) is 35.9 Å². The first kappa shape index (κ1) is 14.6. The van der Waals surface area contributed by atoms with E-state index in [4.69, 9.17) is 5.73 Å². The van der Waals surface area contributed by atoms with Crippen molar-refractivity contribution in [2.75, 3.05) is 6.54 Å². The minimum absolute atomic E-state index is 0.114. The third kappa shape index (κ3) is 4.38. The van der Waals surface area contributed by atoms with Crippen LogP contribution in [-0.4, -0.2) is 23.6 Å². The minimum Gasteiger partial charge on any atom is -0.508 e. The van der Waals surface area contributed by atoms with Gasteiger partial charge in [-0.25, -0.2) is 0 Å². The molecule has 0 heterocycles. The monoisotopic (exact) mass is 274 g/mol. The summed E-state index contributed by atoms with van der Waals surface area (Å²) in [4.78, 5) is 11.9. The molecule has 4 N–H and O–H groups in total. The summed E-state index contributed by atoms with van der Waals surface area (Å²) in [5, 5.41) is 12.1. The van der Waals surface area contributed by atoms with Gasteiger partial charge in [0.1, 0.15) is 5.75 Å². The van der Waals surface area contributed by atoms with Gasteiger partial charge in [0, 0.05) is 6.54 Å². The van der Waals surface area contributed by atoms with Crippen molar-refractivity contribution >= 4 is 5.91 Å². The standard InChI is InChI=1S/C16H22N2O2/c17-15(11-13-5-7-14(19)8-6-13)16(20)18-10-9-12-3-1-2-4-12/h3,5-8,15,19H,1-2,4,9-11,17H2,(H,18,20)/t15-/m0/s1. The average Bonchev–Trinajstić information content (AvgIpc) is 2.94. The molecule has 20 heavy (non-hydrogen) atoms. The number of benzene rings is 1. The van der Waals surface area contributed by atoms with Gasteiger partial charge in [0.15, 0.2) is 0 Å². The number of phenolic OH excluding ortho intramolecular Hbond substituents is 1. The molecule has 0 spiro atoms. The zero-order valence-electron chi connectivity index (χ0n) is 11.6. The minimum atomic E-state index is -0.544. The molecule has 0 bridgehead atoms. The lowest BCUT2D eigenvalue weighted by Gasteiger charge is -2.12. The Labute approximate surface area is 119 Å². The Bertz CT molecular complexity index is 480. The molecule has 108 valence electrons. The predicted octanol–water partition coefficient (Wildman–Crippen LogP) is 1.88. The molecule has 0 aromatic heterocycles. The molecule has 1 aromatic rings. The van der Waals surface area contributed by atoms with E-state index in [2.05, 4.69) is 11.4 Å². The number of carbonyl (C=O) groups excluding carboxylic acids is 1. The van der Waals surface area contributed by atoms with Crippen molar-refractivity contribution in [2.24, 2.45) is 5.73 Å². The second-order valence-electron chi connectivity index (χ2n) is 5.27.